The highest BCUT2D eigenvalue weighted by molar-refractivity contribution is 5.91. The van der Waals surface area contributed by atoms with E-state index in [1.54, 1.807) is 13.0 Å². The van der Waals surface area contributed by atoms with Gasteiger partial charge in [0, 0.05) is 12.6 Å². The average molecular weight is 253 g/mol. The Morgan fingerprint density at radius 1 is 1.67 bits per heavy atom. The van der Waals surface area contributed by atoms with Crippen molar-refractivity contribution in [3.63, 3.8) is 0 Å². The van der Waals surface area contributed by atoms with E-state index < -0.39 is 5.97 Å². The second-order valence-corrected chi connectivity index (χ2v) is 4.43. The molecule has 0 aliphatic carbocycles. The van der Waals surface area contributed by atoms with Gasteiger partial charge in [0.05, 0.1) is 12.5 Å². The van der Waals surface area contributed by atoms with E-state index in [0.717, 1.165) is 0 Å². The molecule has 0 saturated carbocycles. The zero-order valence-electron chi connectivity index (χ0n) is 10.0. The zero-order valence-corrected chi connectivity index (χ0v) is 10.0. The molecule has 1 saturated heterocycles. The number of hydrogen-bond acceptors (Lipinski definition) is 5. The van der Waals surface area contributed by atoms with Gasteiger partial charge >= 0.3 is 5.97 Å². The van der Waals surface area contributed by atoms with Gasteiger partial charge in [0.25, 0.3) is 0 Å². The molecule has 0 radical (unpaired) electrons. The lowest BCUT2D eigenvalue weighted by Gasteiger charge is -2.13. The van der Waals surface area contributed by atoms with Crippen molar-refractivity contribution in [1.82, 2.24) is 10.1 Å². The topological polar surface area (TPSA) is 95.7 Å². The molecule has 1 unspecified atom stereocenters. The number of hydrogen-bond donors (Lipinski definition) is 2. The first-order valence-corrected chi connectivity index (χ1v) is 5.73. The molecule has 2 N–H and O–H groups in total. The molecule has 98 valence electrons. The molecule has 7 nitrogen and oxygen atoms in total. The number of rotatable bonds is 4. The van der Waals surface area contributed by atoms with Gasteiger partial charge in [-0.3, -0.25) is 14.5 Å². The number of carboxylic acid groups (broad SMARTS) is 1. The number of nitrogens with one attached hydrogen (secondary N) is 1. The van der Waals surface area contributed by atoms with Crippen LogP contribution in [0.4, 0.5) is 5.82 Å². The van der Waals surface area contributed by atoms with Gasteiger partial charge < -0.3 is 14.9 Å². The van der Waals surface area contributed by atoms with Gasteiger partial charge in [0.15, 0.2) is 5.82 Å². The van der Waals surface area contributed by atoms with Crippen molar-refractivity contribution >= 4 is 17.7 Å². The Labute approximate surface area is 104 Å². The van der Waals surface area contributed by atoms with Gasteiger partial charge in [-0.05, 0) is 19.9 Å². The Morgan fingerprint density at radius 2 is 2.44 bits per heavy atom. The van der Waals surface area contributed by atoms with E-state index in [-0.39, 0.29) is 18.4 Å². The third kappa shape index (κ3) is 3.07. The van der Waals surface area contributed by atoms with E-state index >= 15 is 0 Å². The molecule has 18 heavy (non-hydrogen) atoms. The van der Waals surface area contributed by atoms with Gasteiger partial charge in [-0.1, -0.05) is 5.16 Å². The van der Waals surface area contributed by atoms with Crippen LogP contribution in [0.2, 0.25) is 0 Å². The molecule has 1 aromatic heterocycles. The number of carboxylic acids is 1. The Kier molecular flexibility index (Phi) is 3.61. The van der Waals surface area contributed by atoms with E-state index in [2.05, 4.69) is 10.5 Å². The second kappa shape index (κ2) is 5.18. The highest BCUT2D eigenvalue weighted by Crippen LogP contribution is 2.16. The lowest BCUT2D eigenvalue weighted by Crippen LogP contribution is -2.32. The van der Waals surface area contributed by atoms with Gasteiger partial charge in [-0.2, -0.15) is 0 Å². The van der Waals surface area contributed by atoms with Crippen LogP contribution < -0.4 is 5.32 Å². The highest BCUT2D eigenvalue weighted by Gasteiger charge is 2.28. The molecule has 1 atom stereocenters. The maximum Gasteiger partial charge on any atom is 0.307 e. The molecule has 7 heteroatoms. The summed E-state index contributed by atoms with van der Waals surface area (Å²) in [4.78, 5) is 24.3. The van der Waals surface area contributed by atoms with Crippen molar-refractivity contribution in [1.29, 1.82) is 0 Å². The first-order valence-electron chi connectivity index (χ1n) is 5.73. The lowest BCUT2D eigenvalue weighted by molar-refractivity contribution is -0.141. The summed E-state index contributed by atoms with van der Waals surface area (Å²) in [7, 11) is 0. The maximum atomic E-state index is 11.7. The summed E-state index contributed by atoms with van der Waals surface area (Å²) in [6.45, 7) is 2.96. The van der Waals surface area contributed by atoms with Crippen molar-refractivity contribution in [2.45, 2.75) is 13.3 Å². The fourth-order valence-electron chi connectivity index (χ4n) is 1.99. The molecule has 0 aromatic carbocycles. The summed E-state index contributed by atoms with van der Waals surface area (Å²) in [6.07, 6.45) is 0.589. The van der Waals surface area contributed by atoms with E-state index in [1.165, 1.54) is 0 Å². The molecule has 2 heterocycles. The number of amides is 1. The summed E-state index contributed by atoms with van der Waals surface area (Å²) >= 11 is 0. The number of likely N-dealkylation sites (tertiary alicyclic amines) is 1. The van der Waals surface area contributed by atoms with Crippen LogP contribution in [-0.2, 0) is 9.59 Å². The molecule has 1 aliphatic heterocycles. The predicted molar refractivity (Wildman–Crippen MR) is 62.1 cm³/mol. The number of aromatic nitrogens is 1. The van der Waals surface area contributed by atoms with E-state index in [1.807, 2.05) is 4.90 Å². The minimum absolute atomic E-state index is 0.176. The minimum atomic E-state index is -0.801. The molecule has 2 rings (SSSR count). The lowest BCUT2D eigenvalue weighted by atomic mass is 10.1. The molecule has 1 fully saturated rings. The number of aryl methyl sites for hydroxylation is 1. The first-order chi connectivity index (χ1) is 8.54. The minimum Gasteiger partial charge on any atom is -0.481 e. The Bertz CT molecular complexity index is 457. The zero-order chi connectivity index (χ0) is 13.1. The van der Waals surface area contributed by atoms with Crippen molar-refractivity contribution in [3.8, 4) is 0 Å². The summed E-state index contributed by atoms with van der Waals surface area (Å²) in [5.74, 6) is -0.379. The quantitative estimate of drug-likeness (QED) is 0.802. The van der Waals surface area contributed by atoms with Crippen LogP contribution >= 0.6 is 0 Å². The van der Waals surface area contributed by atoms with E-state index in [9.17, 15) is 9.59 Å². The fraction of sp³-hybridized carbons (Fsp3) is 0.545. The van der Waals surface area contributed by atoms with Gasteiger partial charge in [0.1, 0.15) is 5.76 Å². The molecule has 0 bridgehead atoms. The summed E-state index contributed by atoms with van der Waals surface area (Å²) in [5, 5.41) is 15.1. The predicted octanol–water partition coefficient (Wildman–Crippen LogP) is 0.328. The van der Waals surface area contributed by atoms with Crippen LogP contribution in [0.5, 0.6) is 0 Å². The third-order valence-electron chi connectivity index (χ3n) is 2.88. The van der Waals surface area contributed by atoms with E-state index in [4.69, 9.17) is 9.63 Å². The van der Waals surface area contributed by atoms with Gasteiger partial charge in [-0.25, -0.2) is 0 Å². The SMILES string of the molecule is Cc1cc(NC(=O)CN2CCC(C(=O)O)C2)no1. The third-order valence-corrected chi connectivity index (χ3v) is 2.88. The maximum absolute atomic E-state index is 11.7. The molecular weight excluding hydrogens is 238 g/mol. The van der Waals surface area contributed by atoms with Crippen molar-refractivity contribution < 1.29 is 19.2 Å². The normalized spacial score (nSPS) is 19.9. The van der Waals surface area contributed by atoms with Crippen LogP contribution in [-0.4, -0.2) is 46.7 Å². The number of nitrogens with zero attached hydrogens (tertiary/aromatic N) is 2. The van der Waals surface area contributed by atoms with Crippen LogP contribution in [0.25, 0.3) is 0 Å². The van der Waals surface area contributed by atoms with Crippen molar-refractivity contribution in [2.24, 2.45) is 5.92 Å². The first kappa shape index (κ1) is 12.6. The number of carbonyl (C=O) groups is 2. The molecule has 1 amide bonds. The Balaban J connectivity index is 1.80. The van der Waals surface area contributed by atoms with Crippen LogP contribution in [0, 0.1) is 12.8 Å². The van der Waals surface area contributed by atoms with Crippen LogP contribution in [0.15, 0.2) is 10.6 Å². The highest BCUT2D eigenvalue weighted by atomic mass is 16.5. The smallest absolute Gasteiger partial charge is 0.307 e. The standard InChI is InChI=1S/C11H15N3O4/c1-7-4-9(13-18-7)12-10(15)6-14-3-2-8(5-14)11(16)17/h4,8H,2-3,5-6H2,1H3,(H,16,17)(H,12,13,15). The fourth-order valence-corrected chi connectivity index (χ4v) is 1.99. The summed E-state index contributed by atoms with van der Waals surface area (Å²) in [6, 6.07) is 1.63. The molecule has 1 aliphatic rings. The number of anilines is 1. The van der Waals surface area contributed by atoms with E-state index in [0.29, 0.717) is 31.1 Å². The van der Waals surface area contributed by atoms with Crippen LogP contribution in [0.3, 0.4) is 0 Å². The summed E-state index contributed by atoms with van der Waals surface area (Å²) in [5.41, 5.74) is 0. The number of aliphatic carboxylic acids is 1. The van der Waals surface area contributed by atoms with Gasteiger partial charge in [-0.15, -0.1) is 0 Å². The van der Waals surface area contributed by atoms with Crippen molar-refractivity contribution in [2.75, 3.05) is 25.0 Å². The summed E-state index contributed by atoms with van der Waals surface area (Å²) < 4.78 is 4.83. The molecule has 0 spiro atoms. The average Bonchev–Trinajstić information content (AvgIpc) is 2.88. The Morgan fingerprint density at radius 3 is 3.00 bits per heavy atom. The second-order valence-electron chi connectivity index (χ2n) is 4.43. The van der Waals surface area contributed by atoms with Crippen LogP contribution in [0.1, 0.15) is 12.2 Å². The monoisotopic (exact) mass is 253 g/mol. The largest absolute Gasteiger partial charge is 0.481 e. The Hall–Kier alpha value is -1.89. The van der Waals surface area contributed by atoms with Gasteiger partial charge in [0.2, 0.25) is 5.91 Å². The number of carbonyl (C=O) groups excluding carboxylic acids is 1. The molecule has 1 aromatic rings. The van der Waals surface area contributed by atoms with Crippen molar-refractivity contribution in [3.05, 3.63) is 11.8 Å². The molecular formula is C11H15N3O4.